The summed E-state index contributed by atoms with van der Waals surface area (Å²) in [5.74, 6) is 1.53. The van der Waals surface area contributed by atoms with Crippen molar-refractivity contribution in [3.8, 4) is 11.5 Å². The molecule has 0 bridgehead atoms. The summed E-state index contributed by atoms with van der Waals surface area (Å²) in [5, 5.41) is 5.20. The van der Waals surface area contributed by atoms with Crippen LogP contribution in [0.25, 0.3) is 21.9 Å². The number of hydrogen-bond donors (Lipinski definition) is 1. The Labute approximate surface area is 190 Å². The van der Waals surface area contributed by atoms with Crippen LogP contribution in [0.15, 0.2) is 52.6 Å². The largest absolute Gasteiger partial charge is 0.497 e. The maximum Gasteiger partial charge on any atom is 0.298 e. The number of aromatic amines is 1. The van der Waals surface area contributed by atoms with Crippen LogP contribution in [0.4, 0.5) is 0 Å². The van der Waals surface area contributed by atoms with Crippen molar-refractivity contribution in [3.63, 3.8) is 0 Å². The van der Waals surface area contributed by atoms with E-state index in [0.29, 0.717) is 16.8 Å². The molecule has 0 unspecified atom stereocenters. The molecule has 1 saturated heterocycles. The number of methoxy groups -OCH3 is 2. The van der Waals surface area contributed by atoms with Crippen LogP contribution in [0, 0.1) is 0 Å². The Morgan fingerprint density at radius 1 is 1.15 bits per heavy atom. The molecule has 4 aromatic rings. The second-order valence-corrected chi connectivity index (χ2v) is 7.86. The highest BCUT2D eigenvalue weighted by molar-refractivity contribution is 6.04. The van der Waals surface area contributed by atoms with Crippen LogP contribution in [-0.2, 0) is 11.3 Å². The Morgan fingerprint density at radius 2 is 2.00 bits per heavy atom. The smallest absolute Gasteiger partial charge is 0.298 e. The first-order valence-corrected chi connectivity index (χ1v) is 10.7. The molecule has 9 heteroatoms. The van der Waals surface area contributed by atoms with Crippen molar-refractivity contribution in [2.75, 3.05) is 40.5 Å². The number of hydrogen-bond acceptors (Lipinski definition) is 7. The Morgan fingerprint density at radius 3 is 2.79 bits per heavy atom. The molecular weight excluding hydrogens is 422 g/mol. The van der Waals surface area contributed by atoms with Gasteiger partial charge in [0.1, 0.15) is 28.9 Å². The number of benzene rings is 2. The zero-order chi connectivity index (χ0) is 22.8. The maximum absolute atomic E-state index is 13.0. The van der Waals surface area contributed by atoms with Gasteiger partial charge in [-0.3, -0.25) is 9.69 Å². The van der Waals surface area contributed by atoms with Crippen LogP contribution in [0.5, 0.6) is 11.5 Å². The molecule has 0 spiro atoms. The molecule has 0 aliphatic carbocycles. The molecule has 1 fully saturated rings. The first-order chi connectivity index (χ1) is 16.2. The van der Waals surface area contributed by atoms with Crippen LogP contribution in [0.2, 0.25) is 0 Å². The van der Waals surface area contributed by atoms with Gasteiger partial charge >= 0.3 is 0 Å². The molecule has 9 nitrogen and oxygen atoms in total. The molecule has 0 radical (unpaired) electrons. The molecule has 5 rings (SSSR count). The second kappa shape index (κ2) is 9.05. The summed E-state index contributed by atoms with van der Waals surface area (Å²) in [7, 11) is 3.28. The zero-order valence-corrected chi connectivity index (χ0v) is 18.6. The quantitative estimate of drug-likeness (QED) is 0.457. The monoisotopic (exact) mass is 447 g/mol. The van der Waals surface area contributed by atoms with Gasteiger partial charge in [0, 0.05) is 36.1 Å². The van der Waals surface area contributed by atoms with E-state index in [2.05, 4.69) is 20.0 Å². The topological polar surface area (TPSA) is 94.0 Å². The lowest BCUT2D eigenvalue weighted by Gasteiger charge is -2.27. The summed E-state index contributed by atoms with van der Waals surface area (Å²) in [6, 6.07) is 11.4. The SMILES string of the molecule is COc1ccc2[nH]c3c(=O)n(/N=C/c4ccc(OC)c(CN5CCOCC5)c4)cnc3c2c1. The number of nitrogens with one attached hydrogen (secondary N) is 1. The summed E-state index contributed by atoms with van der Waals surface area (Å²) in [4.78, 5) is 23.0. The van der Waals surface area contributed by atoms with Crippen LogP contribution in [-0.4, -0.2) is 66.3 Å². The number of rotatable bonds is 6. The fourth-order valence-electron chi connectivity index (χ4n) is 4.07. The molecule has 1 aliphatic rings. The van der Waals surface area contributed by atoms with Gasteiger partial charge in [-0.1, -0.05) is 0 Å². The van der Waals surface area contributed by atoms with Gasteiger partial charge in [0.15, 0.2) is 0 Å². The van der Waals surface area contributed by atoms with Gasteiger partial charge in [-0.15, -0.1) is 0 Å². The molecule has 1 aliphatic heterocycles. The van der Waals surface area contributed by atoms with Crippen molar-refractivity contribution in [1.82, 2.24) is 19.5 Å². The van der Waals surface area contributed by atoms with Gasteiger partial charge in [0.2, 0.25) is 0 Å². The van der Waals surface area contributed by atoms with Crippen molar-refractivity contribution >= 4 is 28.2 Å². The number of ether oxygens (including phenoxy) is 3. The minimum absolute atomic E-state index is 0.270. The van der Waals surface area contributed by atoms with Gasteiger partial charge < -0.3 is 19.2 Å². The third-order valence-electron chi connectivity index (χ3n) is 5.83. The predicted octanol–water partition coefficient (Wildman–Crippen LogP) is 2.61. The summed E-state index contributed by atoms with van der Waals surface area (Å²) in [5.41, 5.74) is 3.48. The van der Waals surface area contributed by atoms with Gasteiger partial charge in [-0.2, -0.15) is 9.78 Å². The molecule has 170 valence electrons. The highest BCUT2D eigenvalue weighted by Gasteiger charge is 2.14. The lowest BCUT2D eigenvalue weighted by molar-refractivity contribution is 0.0339. The van der Waals surface area contributed by atoms with E-state index in [0.717, 1.165) is 60.6 Å². The van der Waals surface area contributed by atoms with Crippen molar-refractivity contribution in [3.05, 3.63) is 64.2 Å². The van der Waals surface area contributed by atoms with Crippen molar-refractivity contribution in [2.45, 2.75) is 6.54 Å². The minimum atomic E-state index is -0.270. The number of fused-ring (bicyclic) bond motifs is 3. The first-order valence-electron chi connectivity index (χ1n) is 10.7. The van der Waals surface area contributed by atoms with E-state index in [4.69, 9.17) is 14.2 Å². The Balaban J connectivity index is 1.45. The molecule has 3 heterocycles. The third-order valence-corrected chi connectivity index (χ3v) is 5.83. The van der Waals surface area contributed by atoms with Crippen LogP contribution >= 0.6 is 0 Å². The number of aromatic nitrogens is 3. The van der Waals surface area contributed by atoms with E-state index < -0.39 is 0 Å². The molecule has 0 saturated carbocycles. The van der Waals surface area contributed by atoms with Crippen LogP contribution < -0.4 is 15.0 Å². The zero-order valence-electron chi connectivity index (χ0n) is 18.6. The highest BCUT2D eigenvalue weighted by atomic mass is 16.5. The number of H-pyrrole nitrogens is 1. The molecular formula is C24H25N5O4. The lowest BCUT2D eigenvalue weighted by Crippen LogP contribution is -2.35. The Hall–Kier alpha value is -3.69. The van der Waals surface area contributed by atoms with Crippen molar-refractivity contribution in [2.24, 2.45) is 5.10 Å². The predicted molar refractivity (Wildman–Crippen MR) is 126 cm³/mol. The van der Waals surface area contributed by atoms with E-state index in [1.807, 2.05) is 36.4 Å². The third kappa shape index (κ3) is 4.20. The normalized spacial score (nSPS) is 15.0. The number of nitrogens with zero attached hydrogens (tertiary/aromatic N) is 4. The fourth-order valence-corrected chi connectivity index (χ4v) is 4.07. The summed E-state index contributed by atoms with van der Waals surface area (Å²) in [6.07, 6.45) is 3.09. The minimum Gasteiger partial charge on any atom is -0.497 e. The average Bonchev–Trinajstić information content (AvgIpc) is 3.23. The second-order valence-electron chi connectivity index (χ2n) is 7.86. The highest BCUT2D eigenvalue weighted by Crippen LogP contribution is 2.26. The van der Waals surface area contributed by atoms with Crippen molar-refractivity contribution < 1.29 is 14.2 Å². The van der Waals surface area contributed by atoms with E-state index in [9.17, 15) is 4.79 Å². The van der Waals surface area contributed by atoms with Gasteiger partial charge in [0.25, 0.3) is 5.56 Å². The maximum atomic E-state index is 13.0. The molecule has 1 N–H and O–H groups in total. The Bertz CT molecular complexity index is 1390. The Kier molecular flexibility index (Phi) is 5.80. The van der Waals surface area contributed by atoms with Gasteiger partial charge in [-0.05, 0) is 42.0 Å². The fraction of sp³-hybridized carbons (Fsp3) is 0.292. The van der Waals surface area contributed by atoms with E-state index in [-0.39, 0.29) is 5.56 Å². The summed E-state index contributed by atoms with van der Waals surface area (Å²) >= 11 is 0. The van der Waals surface area contributed by atoms with Crippen LogP contribution in [0.1, 0.15) is 11.1 Å². The molecule has 0 amide bonds. The van der Waals surface area contributed by atoms with E-state index >= 15 is 0 Å². The summed E-state index contributed by atoms with van der Waals surface area (Å²) < 4.78 is 17.5. The van der Waals surface area contributed by atoms with Crippen LogP contribution in [0.3, 0.4) is 0 Å². The van der Waals surface area contributed by atoms with E-state index in [1.165, 1.54) is 11.0 Å². The molecule has 2 aromatic carbocycles. The number of morpholine rings is 1. The molecule has 2 aromatic heterocycles. The lowest BCUT2D eigenvalue weighted by atomic mass is 10.1. The molecule has 0 atom stereocenters. The van der Waals surface area contributed by atoms with Gasteiger partial charge in [0.05, 0.1) is 33.6 Å². The van der Waals surface area contributed by atoms with Crippen molar-refractivity contribution in [1.29, 1.82) is 0 Å². The summed E-state index contributed by atoms with van der Waals surface area (Å²) in [6.45, 7) is 4.02. The van der Waals surface area contributed by atoms with Gasteiger partial charge in [-0.25, -0.2) is 4.98 Å². The standard InChI is InChI=1S/C24H25N5O4/c1-31-18-4-5-20-19(12-18)22-23(27-20)24(30)29(15-25-22)26-13-16-3-6-21(32-2)17(11-16)14-28-7-9-33-10-8-28/h3-6,11-13,15,27H,7-10,14H2,1-2H3/b26-13+. The first kappa shape index (κ1) is 21.2. The molecule has 33 heavy (non-hydrogen) atoms. The van der Waals surface area contributed by atoms with E-state index in [1.54, 1.807) is 20.4 Å². The average molecular weight is 447 g/mol.